The van der Waals surface area contributed by atoms with Crippen LogP contribution in [0.4, 0.5) is 5.69 Å². The number of hydrogen-bond donors (Lipinski definition) is 0. The van der Waals surface area contributed by atoms with Gasteiger partial charge in [-0.25, -0.2) is 0 Å². The SMILES string of the molecule is CCN1/C(=C/C2=CC(=C/c3sc4cccc(C)c4[n+]3CC)/CC(C)(C)C2)Sc2cccc(C)c21. The van der Waals surface area contributed by atoms with Gasteiger partial charge in [0.25, 0.3) is 5.01 Å². The van der Waals surface area contributed by atoms with E-state index in [0.29, 0.717) is 0 Å². The molecule has 0 radical (unpaired) electrons. The van der Waals surface area contributed by atoms with Crippen molar-refractivity contribution < 1.29 is 4.57 Å². The molecule has 3 aromatic rings. The van der Waals surface area contributed by atoms with E-state index in [0.717, 1.165) is 25.9 Å². The fraction of sp³-hybridized carbons (Fsp3) is 0.367. The number of hydrogen-bond acceptors (Lipinski definition) is 3. The van der Waals surface area contributed by atoms with Gasteiger partial charge in [-0.2, -0.15) is 4.57 Å². The Balaban J connectivity index is 1.56. The number of rotatable bonds is 4. The molecule has 0 spiro atoms. The third kappa shape index (κ3) is 4.27. The molecule has 0 N–H and O–H groups in total. The lowest BCUT2D eigenvalue weighted by molar-refractivity contribution is -0.665. The highest BCUT2D eigenvalue weighted by molar-refractivity contribution is 8.03. The van der Waals surface area contributed by atoms with Gasteiger partial charge < -0.3 is 4.90 Å². The third-order valence-electron chi connectivity index (χ3n) is 6.89. The van der Waals surface area contributed by atoms with Gasteiger partial charge in [-0.1, -0.05) is 67.3 Å². The molecule has 34 heavy (non-hydrogen) atoms. The lowest BCUT2D eigenvalue weighted by Crippen LogP contribution is -2.34. The highest BCUT2D eigenvalue weighted by Crippen LogP contribution is 2.49. The molecule has 0 fully saturated rings. The zero-order chi connectivity index (χ0) is 24.0. The van der Waals surface area contributed by atoms with Crippen LogP contribution in [0, 0.1) is 19.3 Å². The van der Waals surface area contributed by atoms with Crippen LogP contribution in [0.15, 0.2) is 69.6 Å². The number of aryl methyl sites for hydroxylation is 3. The van der Waals surface area contributed by atoms with Crippen LogP contribution in [0.2, 0.25) is 0 Å². The maximum absolute atomic E-state index is 2.49. The van der Waals surface area contributed by atoms with E-state index >= 15 is 0 Å². The lowest BCUT2D eigenvalue weighted by atomic mass is 9.75. The van der Waals surface area contributed by atoms with Crippen LogP contribution < -0.4 is 9.47 Å². The molecule has 0 saturated heterocycles. The minimum Gasteiger partial charge on any atom is -0.335 e. The molecule has 4 heteroatoms. The predicted molar refractivity (Wildman–Crippen MR) is 150 cm³/mol. The monoisotopic (exact) mass is 487 g/mol. The van der Waals surface area contributed by atoms with Crippen molar-refractivity contribution >= 4 is 45.1 Å². The van der Waals surface area contributed by atoms with Crippen molar-refractivity contribution in [2.24, 2.45) is 5.41 Å². The second-order valence-corrected chi connectivity index (χ2v) is 12.4. The van der Waals surface area contributed by atoms with E-state index in [9.17, 15) is 0 Å². The molecule has 1 aliphatic heterocycles. The molecule has 0 unspecified atom stereocenters. The van der Waals surface area contributed by atoms with Crippen molar-refractivity contribution in [1.29, 1.82) is 0 Å². The largest absolute Gasteiger partial charge is 0.335 e. The second-order valence-electron chi connectivity index (χ2n) is 10.3. The summed E-state index contributed by atoms with van der Waals surface area (Å²) in [5.74, 6) is 0. The molecule has 2 aromatic carbocycles. The number of thiazole rings is 1. The Morgan fingerprint density at radius 2 is 1.76 bits per heavy atom. The minimum absolute atomic E-state index is 0.250. The Bertz CT molecular complexity index is 1350. The summed E-state index contributed by atoms with van der Waals surface area (Å²) in [6.07, 6.45) is 9.58. The first-order chi connectivity index (χ1) is 16.3. The van der Waals surface area contributed by atoms with Gasteiger partial charge in [0.1, 0.15) is 11.2 Å². The van der Waals surface area contributed by atoms with E-state index < -0.39 is 0 Å². The Hall–Kier alpha value is -2.30. The van der Waals surface area contributed by atoms with Crippen molar-refractivity contribution in [2.45, 2.75) is 65.8 Å². The minimum atomic E-state index is 0.250. The number of aromatic nitrogens is 1. The lowest BCUT2D eigenvalue weighted by Gasteiger charge is -2.31. The quantitative estimate of drug-likeness (QED) is 0.341. The van der Waals surface area contributed by atoms with Gasteiger partial charge in [0, 0.05) is 23.1 Å². The molecule has 5 rings (SSSR count). The molecular formula is C30H35N2S2+. The highest BCUT2D eigenvalue weighted by Gasteiger charge is 2.29. The third-order valence-corrected chi connectivity index (χ3v) is 9.08. The normalized spacial score (nSPS) is 19.8. The van der Waals surface area contributed by atoms with Crippen LogP contribution in [-0.4, -0.2) is 6.54 Å². The van der Waals surface area contributed by atoms with Crippen LogP contribution in [-0.2, 0) is 6.54 Å². The van der Waals surface area contributed by atoms with Crippen LogP contribution in [0.1, 0.15) is 56.7 Å². The maximum Gasteiger partial charge on any atom is 0.263 e. The summed E-state index contributed by atoms with van der Waals surface area (Å²) >= 11 is 3.83. The molecule has 2 nitrogen and oxygen atoms in total. The smallest absolute Gasteiger partial charge is 0.263 e. The molecule has 1 aliphatic carbocycles. The summed E-state index contributed by atoms with van der Waals surface area (Å²) in [7, 11) is 0. The van der Waals surface area contributed by atoms with E-state index in [2.05, 4.69) is 106 Å². The summed E-state index contributed by atoms with van der Waals surface area (Å²) in [6.45, 7) is 15.8. The zero-order valence-corrected chi connectivity index (χ0v) is 22.9. The first-order valence-corrected chi connectivity index (χ1v) is 14.0. The topological polar surface area (TPSA) is 7.12 Å². The van der Waals surface area contributed by atoms with E-state index in [1.54, 1.807) is 0 Å². The average Bonchev–Trinajstić information content (AvgIpc) is 3.31. The zero-order valence-electron chi connectivity index (χ0n) is 21.2. The number of para-hydroxylation sites is 2. The van der Waals surface area contributed by atoms with Crippen molar-refractivity contribution in [1.82, 2.24) is 0 Å². The predicted octanol–water partition coefficient (Wildman–Crippen LogP) is 8.43. The van der Waals surface area contributed by atoms with Gasteiger partial charge in [-0.3, -0.25) is 0 Å². The summed E-state index contributed by atoms with van der Waals surface area (Å²) in [5.41, 5.74) is 8.62. The molecule has 1 aromatic heterocycles. The number of nitrogens with zero attached hydrogens (tertiary/aromatic N) is 2. The van der Waals surface area contributed by atoms with Gasteiger partial charge in [0.2, 0.25) is 5.52 Å². The van der Waals surface area contributed by atoms with Gasteiger partial charge in [0.15, 0.2) is 0 Å². The standard InChI is InChI=1S/C30H35N2S2/c1-7-31-26(33-24-13-9-11-20(3)28(24)31)16-22-15-23(19-30(5,6)18-22)17-27-32(8-2)29-21(4)12-10-14-25(29)34-27/h9-17H,7-8,18-19H2,1-6H3/q+1. The molecule has 0 amide bonds. The number of benzene rings is 2. The number of allylic oxidation sites excluding steroid dienone is 4. The molecule has 0 bridgehead atoms. The van der Waals surface area contributed by atoms with E-state index in [1.807, 2.05) is 23.1 Å². The Morgan fingerprint density at radius 1 is 1.00 bits per heavy atom. The Morgan fingerprint density at radius 3 is 2.53 bits per heavy atom. The van der Waals surface area contributed by atoms with Crippen molar-refractivity contribution in [2.75, 3.05) is 11.4 Å². The molecule has 2 heterocycles. The molecule has 0 saturated carbocycles. The Kier molecular flexibility index (Phi) is 6.24. The average molecular weight is 488 g/mol. The summed E-state index contributed by atoms with van der Waals surface area (Å²) < 4.78 is 3.87. The molecule has 2 aliphatic rings. The molecule has 176 valence electrons. The van der Waals surface area contributed by atoms with Crippen molar-refractivity contribution in [3.05, 3.63) is 80.9 Å². The number of thioether (sulfide) groups is 1. The molecular weight excluding hydrogens is 452 g/mol. The van der Waals surface area contributed by atoms with Gasteiger partial charge in [-0.15, -0.1) is 0 Å². The fourth-order valence-corrected chi connectivity index (χ4v) is 8.09. The number of fused-ring (bicyclic) bond motifs is 2. The number of anilines is 1. The summed E-state index contributed by atoms with van der Waals surface area (Å²) in [4.78, 5) is 3.87. The van der Waals surface area contributed by atoms with E-state index in [-0.39, 0.29) is 5.41 Å². The summed E-state index contributed by atoms with van der Waals surface area (Å²) in [6, 6.07) is 13.3. The summed E-state index contributed by atoms with van der Waals surface area (Å²) in [5, 5.41) is 2.72. The highest BCUT2D eigenvalue weighted by atomic mass is 32.2. The van der Waals surface area contributed by atoms with Crippen LogP contribution in [0.3, 0.4) is 0 Å². The van der Waals surface area contributed by atoms with Crippen molar-refractivity contribution in [3.8, 4) is 0 Å². The fourth-order valence-electron chi connectivity index (χ4n) is 5.53. The first kappa shape index (κ1) is 23.4. The van der Waals surface area contributed by atoms with Gasteiger partial charge in [-0.05, 0) is 80.9 Å². The van der Waals surface area contributed by atoms with Gasteiger partial charge >= 0.3 is 0 Å². The van der Waals surface area contributed by atoms with Crippen molar-refractivity contribution in [3.63, 3.8) is 0 Å². The van der Waals surface area contributed by atoms with Crippen LogP contribution in [0.5, 0.6) is 0 Å². The van der Waals surface area contributed by atoms with Crippen LogP contribution >= 0.6 is 23.1 Å². The Labute approximate surface area is 212 Å². The molecule has 0 atom stereocenters. The second kappa shape index (κ2) is 9.05. The van der Waals surface area contributed by atoms with E-state index in [1.165, 1.54) is 53.1 Å². The maximum atomic E-state index is 2.49. The first-order valence-electron chi connectivity index (χ1n) is 12.4. The van der Waals surface area contributed by atoms with E-state index in [4.69, 9.17) is 0 Å². The van der Waals surface area contributed by atoms with Crippen LogP contribution in [0.25, 0.3) is 16.3 Å². The van der Waals surface area contributed by atoms with Gasteiger partial charge in [0.05, 0.1) is 10.7 Å².